The van der Waals surface area contributed by atoms with Gasteiger partial charge in [-0.05, 0) is 31.5 Å². The van der Waals surface area contributed by atoms with Gasteiger partial charge in [0.25, 0.3) is 11.5 Å². The number of aryl methyl sites for hydroxylation is 2. The first kappa shape index (κ1) is 15.9. The van der Waals surface area contributed by atoms with Crippen molar-refractivity contribution in [2.24, 2.45) is 7.05 Å². The van der Waals surface area contributed by atoms with E-state index in [0.717, 1.165) is 5.56 Å². The molecule has 3 aromatic heterocycles. The third-order valence-corrected chi connectivity index (χ3v) is 3.95. The van der Waals surface area contributed by atoms with Gasteiger partial charge in [-0.2, -0.15) is 0 Å². The van der Waals surface area contributed by atoms with Gasteiger partial charge in [-0.1, -0.05) is 0 Å². The summed E-state index contributed by atoms with van der Waals surface area (Å²) in [4.78, 5) is 35.2. The van der Waals surface area contributed by atoms with Crippen LogP contribution in [0.25, 0.3) is 11.1 Å². The van der Waals surface area contributed by atoms with Crippen LogP contribution in [0.5, 0.6) is 0 Å². The van der Waals surface area contributed by atoms with Crippen LogP contribution in [0.2, 0.25) is 0 Å². The standard InChI is InChI=1S/C17H18N4O3/c1-4-21(9-12-5-7-18-8-6-12)17(23)13-11(2)24-15-14(13)16(22)20(3)10-19-15/h5-8,10H,4,9H2,1-3H3. The van der Waals surface area contributed by atoms with Crippen molar-refractivity contribution in [3.63, 3.8) is 0 Å². The van der Waals surface area contributed by atoms with Crippen molar-refractivity contribution in [2.75, 3.05) is 6.54 Å². The van der Waals surface area contributed by atoms with E-state index in [1.807, 2.05) is 19.1 Å². The second-order valence-electron chi connectivity index (χ2n) is 5.55. The molecule has 0 aliphatic heterocycles. The number of fused-ring (bicyclic) bond motifs is 1. The minimum atomic E-state index is -0.292. The molecule has 0 saturated heterocycles. The zero-order valence-corrected chi connectivity index (χ0v) is 13.8. The molecule has 0 fully saturated rings. The summed E-state index contributed by atoms with van der Waals surface area (Å²) >= 11 is 0. The summed E-state index contributed by atoms with van der Waals surface area (Å²) < 4.78 is 6.86. The lowest BCUT2D eigenvalue weighted by Gasteiger charge is -2.20. The molecule has 0 aliphatic rings. The highest BCUT2D eigenvalue weighted by atomic mass is 16.3. The number of rotatable bonds is 4. The van der Waals surface area contributed by atoms with E-state index in [4.69, 9.17) is 4.42 Å². The van der Waals surface area contributed by atoms with Crippen molar-refractivity contribution in [3.8, 4) is 0 Å². The molecule has 24 heavy (non-hydrogen) atoms. The van der Waals surface area contributed by atoms with Crippen LogP contribution in [-0.2, 0) is 13.6 Å². The van der Waals surface area contributed by atoms with Gasteiger partial charge in [0.1, 0.15) is 17.5 Å². The van der Waals surface area contributed by atoms with E-state index >= 15 is 0 Å². The molecule has 124 valence electrons. The number of carbonyl (C=O) groups is 1. The number of nitrogens with zero attached hydrogens (tertiary/aromatic N) is 4. The van der Waals surface area contributed by atoms with Gasteiger partial charge in [0, 0.05) is 32.5 Å². The van der Waals surface area contributed by atoms with Crippen LogP contribution >= 0.6 is 0 Å². The maximum absolute atomic E-state index is 13.0. The van der Waals surface area contributed by atoms with Gasteiger partial charge in [0.05, 0.1) is 5.56 Å². The molecule has 0 unspecified atom stereocenters. The highest BCUT2D eigenvalue weighted by molar-refractivity contribution is 6.06. The molecule has 3 rings (SSSR count). The van der Waals surface area contributed by atoms with Crippen molar-refractivity contribution < 1.29 is 9.21 Å². The Kier molecular flexibility index (Phi) is 4.16. The van der Waals surface area contributed by atoms with Crippen molar-refractivity contribution >= 4 is 17.0 Å². The Morgan fingerprint density at radius 1 is 1.33 bits per heavy atom. The van der Waals surface area contributed by atoms with Crippen LogP contribution in [0.3, 0.4) is 0 Å². The largest absolute Gasteiger partial charge is 0.442 e. The van der Waals surface area contributed by atoms with Crippen molar-refractivity contribution in [1.29, 1.82) is 0 Å². The predicted molar refractivity (Wildman–Crippen MR) is 88.6 cm³/mol. The van der Waals surface area contributed by atoms with Crippen LogP contribution < -0.4 is 5.56 Å². The minimum Gasteiger partial charge on any atom is -0.442 e. The molecule has 0 N–H and O–H groups in total. The number of furan rings is 1. The molecule has 7 heteroatoms. The van der Waals surface area contributed by atoms with E-state index in [9.17, 15) is 9.59 Å². The summed E-state index contributed by atoms with van der Waals surface area (Å²) in [5.74, 6) is 0.162. The molecular weight excluding hydrogens is 308 g/mol. The number of amides is 1. The average Bonchev–Trinajstić information content (AvgIpc) is 2.93. The summed E-state index contributed by atoms with van der Waals surface area (Å²) in [5, 5.41) is 0.232. The average molecular weight is 326 g/mol. The number of hydrogen-bond donors (Lipinski definition) is 0. The van der Waals surface area contributed by atoms with E-state index < -0.39 is 0 Å². The molecule has 3 heterocycles. The Morgan fingerprint density at radius 2 is 2.04 bits per heavy atom. The number of aromatic nitrogens is 3. The maximum atomic E-state index is 13.0. The number of pyridine rings is 1. The molecule has 0 atom stereocenters. The number of carbonyl (C=O) groups excluding carboxylic acids is 1. The number of hydrogen-bond acceptors (Lipinski definition) is 5. The van der Waals surface area contributed by atoms with E-state index in [1.165, 1.54) is 10.9 Å². The van der Waals surface area contributed by atoms with E-state index in [2.05, 4.69) is 9.97 Å². The zero-order valence-electron chi connectivity index (χ0n) is 13.8. The van der Waals surface area contributed by atoms with Crippen molar-refractivity contribution in [1.82, 2.24) is 19.4 Å². The monoisotopic (exact) mass is 326 g/mol. The lowest BCUT2D eigenvalue weighted by atomic mass is 10.1. The van der Waals surface area contributed by atoms with Gasteiger partial charge >= 0.3 is 0 Å². The predicted octanol–water partition coefficient (Wildman–Crippen LogP) is 1.89. The Hall–Kier alpha value is -2.96. The molecule has 7 nitrogen and oxygen atoms in total. The summed E-state index contributed by atoms with van der Waals surface area (Å²) in [6, 6.07) is 3.72. The van der Waals surface area contributed by atoms with Crippen molar-refractivity contribution in [3.05, 3.63) is 58.1 Å². The molecule has 0 saturated carbocycles. The molecule has 0 aliphatic carbocycles. The Morgan fingerprint density at radius 3 is 2.71 bits per heavy atom. The van der Waals surface area contributed by atoms with Crippen LogP contribution in [0.1, 0.15) is 28.6 Å². The Bertz CT molecular complexity index is 944. The van der Waals surface area contributed by atoms with Gasteiger partial charge in [0.2, 0.25) is 5.71 Å². The first-order valence-electron chi connectivity index (χ1n) is 7.65. The lowest BCUT2D eigenvalue weighted by Crippen LogP contribution is -2.31. The molecule has 0 radical (unpaired) electrons. The van der Waals surface area contributed by atoms with Crippen molar-refractivity contribution in [2.45, 2.75) is 20.4 Å². The lowest BCUT2D eigenvalue weighted by molar-refractivity contribution is 0.0752. The highest BCUT2D eigenvalue weighted by Crippen LogP contribution is 2.23. The molecule has 0 spiro atoms. The van der Waals surface area contributed by atoms with Gasteiger partial charge < -0.3 is 13.9 Å². The van der Waals surface area contributed by atoms with E-state index in [1.54, 1.807) is 31.3 Å². The first-order valence-corrected chi connectivity index (χ1v) is 7.65. The fourth-order valence-electron chi connectivity index (χ4n) is 2.64. The Balaban J connectivity index is 2.05. The third-order valence-electron chi connectivity index (χ3n) is 3.95. The molecule has 1 amide bonds. The van der Waals surface area contributed by atoms with Crippen LogP contribution in [0.4, 0.5) is 0 Å². The Labute approximate surface area is 138 Å². The van der Waals surface area contributed by atoms with Gasteiger partial charge in [0.15, 0.2) is 0 Å². The first-order chi connectivity index (χ1) is 11.5. The van der Waals surface area contributed by atoms with Crippen LogP contribution in [-0.4, -0.2) is 31.9 Å². The molecular formula is C17H18N4O3. The molecule has 3 aromatic rings. The third kappa shape index (κ3) is 2.68. The molecule has 0 aromatic carbocycles. The van der Waals surface area contributed by atoms with Gasteiger partial charge in [-0.25, -0.2) is 4.98 Å². The van der Waals surface area contributed by atoms with E-state index in [-0.39, 0.29) is 28.1 Å². The zero-order chi connectivity index (χ0) is 17.3. The van der Waals surface area contributed by atoms with Gasteiger partial charge in [-0.15, -0.1) is 0 Å². The topological polar surface area (TPSA) is 81.2 Å². The summed E-state index contributed by atoms with van der Waals surface area (Å²) in [7, 11) is 1.60. The second-order valence-corrected chi connectivity index (χ2v) is 5.55. The van der Waals surface area contributed by atoms with E-state index in [0.29, 0.717) is 18.8 Å². The van der Waals surface area contributed by atoms with Crippen LogP contribution in [0.15, 0.2) is 40.1 Å². The highest BCUT2D eigenvalue weighted by Gasteiger charge is 2.25. The van der Waals surface area contributed by atoms with Crippen LogP contribution in [0, 0.1) is 6.92 Å². The fraction of sp³-hybridized carbons (Fsp3) is 0.294. The maximum Gasteiger partial charge on any atom is 0.265 e. The second kappa shape index (κ2) is 6.27. The minimum absolute atomic E-state index is 0.193. The summed E-state index contributed by atoms with van der Waals surface area (Å²) in [6.45, 7) is 4.51. The smallest absolute Gasteiger partial charge is 0.265 e. The molecule has 0 bridgehead atoms. The SMILES string of the molecule is CCN(Cc1ccncc1)C(=O)c1c(C)oc2ncn(C)c(=O)c12. The fourth-order valence-corrected chi connectivity index (χ4v) is 2.64. The summed E-state index contributed by atoms with van der Waals surface area (Å²) in [6.07, 6.45) is 4.76. The van der Waals surface area contributed by atoms with Gasteiger partial charge in [-0.3, -0.25) is 14.6 Å². The quantitative estimate of drug-likeness (QED) is 0.731. The summed E-state index contributed by atoms with van der Waals surface area (Å²) in [5.41, 5.74) is 1.16. The normalized spacial score (nSPS) is 11.0.